The van der Waals surface area contributed by atoms with Gasteiger partial charge < -0.3 is 10.1 Å². The van der Waals surface area contributed by atoms with Crippen molar-refractivity contribution in [1.29, 1.82) is 0 Å². The standard InChI is InChI=1S/C20H17FN2O3S/c1-12-18(27-20(23-12)13-7-9-14(21)10-8-13)19(25)22-11-16(24)15-5-3-4-6-17(15)26-2/h3-10H,11H2,1-2H3,(H,22,25). The number of ether oxygens (including phenoxy) is 1. The van der Waals surface area contributed by atoms with Crippen molar-refractivity contribution in [3.63, 3.8) is 0 Å². The topological polar surface area (TPSA) is 68.3 Å². The second kappa shape index (κ2) is 8.09. The lowest BCUT2D eigenvalue weighted by Gasteiger charge is -2.08. The molecule has 0 aliphatic carbocycles. The summed E-state index contributed by atoms with van der Waals surface area (Å²) < 4.78 is 18.2. The quantitative estimate of drug-likeness (QED) is 0.655. The van der Waals surface area contributed by atoms with Gasteiger partial charge in [-0.2, -0.15) is 0 Å². The lowest BCUT2D eigenvalue weighted by molar-refractivity contribution is 0.0905. The minimum atomic E-state index is -0.374. The van der Waals surface area contributed by atoms with Crippen LogP contribution >= 0.6 is 11.3 Å². The van der Waals surface area contributed by atoms with E-state index in [0.717, 1.165) is 5.56 Å². The molecule has 5 nitrogen and oxygen atoms in total. The van der Waals surface area contributed by atoms with Crippen LogP contribution in [0.4, 0.5) is 4.39 Å². The van der Waals surface area contributed by atoms with Crippen LogP contribution in [-0.4, -0.2) is 30.3 Å². The van der Waals surface area contributed by atoms with E-state index in [0.29, 0.717) is 26.9 Å². The normalized spacial score (nSPS) is 10.5. The van der Waals surface area contributed by atoms with Gasteiger partial charge in [-0.1, -0.05) is 12.1 Å². The Morgan fingerprint density at radius 2 is 1.85 bits per heavy atom. The fourth-order valence-corrected chi connectivity index (χ4v) is 3.52. The largest absolute Gasteiger partial charge is 0.496 e. The number of thiazole rings is 1. The summed E-state index contributed by atoms with van der Waals surface area (Å²) >= 11 is 1.20. The summed E-state index contributed by atoms with van der Waals surface area (Å²) in [6, 6.07) is 12.8. The highest BCUT2D eigenvalue weighted by Gasteiger charge is 2.18. The predicted octanol–water partition coefficient (Wildman–Crippen LogP) is 3.88. The maximum absolute atomic E-state index is 13.1. The van der Waals surface area contributed by atoms with Crippen molar-refractivity contribution in [2.45, 2.75) is 6.92 Å². The van der Waals surface area contributed by atoms with Crippen LogP contribution in [0.15, 0.2) is 48.5 Å². The van der Waals surface area contributed by atoms with Gasteiger partial charge >= 0.3 is 0 Å². The number of para-hydroxylation sites is 1. The zero-order valence-electron chi connectivity index (χ0n) is 14.8. The van der Waals surface area contributed by atoms with Crippen LogP contribution in [0.1, 0.15) is 25.7 Å². The summed E-state index contributed by atoms with van der Waals surface area (Å²) in [5, 5.41) is 3.25. The van der Waals surface area contributed by atoms with Gasteiger partial charge in [-0.15, -0.1) is 11.3 Å². The molecular weight excluding hydrogens is 367 g/mol. The van der Waals surface area contributed by atoms with Gasteiger partial charge in [0.15, 0.2) is 5.78 Å². The molecule has 0 fully saturated rings. The van der Waals surface area contributed by atoms with Crippen molar-refractivity contribution in [1.82, 2.24) is 10.3 Å². The monoisotopic (exact) mass is 384 g/mol. The number of aryl methyl sites for hydroxylation is 1. The van der Waals surface area contributed by atoms with E-state index < -0.39 is 0 Å². The molecule has 0 bridgehead atoms. The number of hydrogen-bond donors (Lipinski definition) is 1. The second-order valence-corrected chi connectivity index (χ2v) is 6.75. The first-order valence-electron chi connectivity index (χ1n) is 8.17. The molecule has 0 saturated carbocycles. The number of carbonyl (C=O) groups is 2. The third kappa shape index (κ3) is 4.20. The molecule has 1 N–H and O–H groups in total. The van der Waals surface area contributed by atoms with Gasteiger partial charge in [-0.05, 0) is 43.3 Å². The summed E-state index contributed by atoms with van der Waals surface area (Å²) in [4.78, 5) is 29.6. The van der Waals surface area contributed by atoms with Crippen LogP contribution in [0, 0.1) is 12.7 Å². The van der Waals surface area contributed by atoms with Crippen LogP contribution in [0.25, 0.3) is 10.6 Å². The second-order valence-electron chi connectivity index (χ2n) is 5.75. The molecule has 1 heterocycles. The molecule has 0 aliphatic heterocycles. The Morgan fingerprint density at radius 1 is 1.15 bits per heavy atom. The molecule has 1 amide bonds. The Hall–Kier alpha value is -3.06. The van der Waals surface area contributed by atoms with Crippen molar-refractivity contribution in [3.8, 4) is 16.3 Å². The first-order chi connectivity index (χ1) is 13.0. The van der Waals surface area contributed by atoms with Crippen LogP contribution in [-0.2, 0) is 0 Å². The van der Waals surface area contributed by atoms with E-state index >= 15 is 0 Å². The van der Waals surface area contributed by atoms with Crippen LogP contribution in [0.2, 0.25) is 0 Å². The molecular formula is C20H17FN2O3S. The zero-order valence-corrected chi connectivity index (χ0v) is 15.6. The van der Waals surface area contributed by atoms with Gasteiger partial charge in [-0.3, -0.25) is 9.59 Å². The zero-order chi connectivity index (χ0) is 19.4. The third-order valence-corrected chi connectivity index (χ3v) is 5.12. The van der Waals surface area contributed by atoms with Gasteiger partial charge in [0.2, 0.25) is 0 Å². The highest BCUT2D eigenvalue weighted by molar-refractivity contribution is 7.17. The molecule has 0 spiro atoms. The molecule has 3 aromatic rings. The van der Waals surface area contributed by atoms with E-state index in [-0.39, 0.29) is 24.1 Å². The number of halogens is 1. The lowest BCUT2D eigenvalue weighted by Crippen LogP contribution is -2.29. The number of Topliss-reactive ketones (excluding diaryl/α,β-unsaturated/α-hetero) is 1. The van der Waals surface area contributed by atoms with Crippen LogP contribution in [0.5, 0.6) is 5.75 Å². The molecule has 2 aromatic carbocycles. The van der Waals surface area contributed by atoms with Crippen molar-refractivity contribution in [3.05, 3.63) is 70.5 Å². The predicted molar refractivity (Wildman–Crippen MR) is 102 cm³/mol. The maximum atomic E-state index is 13.1. The van der Waals surface area contributed by atoms with Gasteiger partial charge in [0.25, 0.3) is 5.91 Å². The smallest absolute Gasteiger partial charge is 0.263 e. The fourth-order valence-electron chi connectivity index (χ4n) is 2.53. The molecule has 138 valence electrons. The first kappa shape index (κ1) is 18.7. The number of methoxy groups -OCH3 is 1. The average molecular weight is 384 g/mol. The van der Waals surface area contributed by atoms with Crippen molar-refractivity contribution in [2.75, 3.05) is 13.7 Å². The van der Waals surface area contributed by atoms with Gasteiger partial charge in [0.1, 0.15) is 21.5 Å². The number of aromatic nitrogens is 1. The summed E-state index contributed by atoms with van der Waals surface area (Å²) in [5.41, 5.74) is 1.70. The molecule has 0 radical (unpaired) electrons. The molecule has 0 saturated heterocycles. The summed E-state index contributed by atoms with van der Waals surface area (Å²) in [6.07, 6.45) is 0. The number of nitrogens with one attached hydrogen (secondary N) is 1. The Labute approximate surface area is 159 Å². The molecule has 7 heteroatoms. The van der Waals surface area contributed by atoms with E-state index in [2.05, 4.69) is 10.3 Å². The molecule has 27 heavy (non-hydrogen) atoms. The highest BCUT2D eigenvalue weighted by Crippen LogP contribution is 2.28. The number of ketones is 1. The maximum Gasteiger partial charge on any atom is 0.263 e. The van der Waals surface area contributed by atoms with Gasteiger partial charge in [0.05, 0.1) is 24.9 Å². The van der Waals surface area contributed by atoms with E-state index in [9.17, 15) is 14.0 Å². The Bertz CT molecular complexity index is 983. The summed E-state index contributed by atoms with van der Waals surface area (Å²) in [7, 11) is 1.49. The number of nitrogens with zero attached hydrogens (tertiary/aromatic N) is 1. The van der Waals surface area contributed by atoms with Gasteiger partial charge in [-0.25, -0.2) is 9.37 Å². The van der Waals surface area contributed by atoms with E-state index in [4.69, 9.17) is 4.74 Å². The molecule has 0 atom stereocenters. The molecule has 1 aromatic heterocycles. The van der Waals surface area contributed by atoms with Crippen molar-refractivity contribution >= 4 is 23.0 Å². The Balaban J connectivity index is 1.71. The molecule has 3 rings (SSSR count). The van der Waals surface area contributed by atoms with E-state index in [1.165, 1.54) is 30.6 Å². The average Bonchev–Trinajstić information content (AvgIpc) is 3.08. The Morgan fingerprint density at radius 3 is 2.56 bits per heavy atom. The first-order valence-corrected chi connectivity index (χ1v) is 8.99. The number of amides is 1. The SMILES string of the molecule is COc1ccccc1C(=O)CNC(=O)c1sc(-c2ccc(F)cc2)nc1C. The molecule has 0 aliphatic rings. The number of rotatable bonds is 6. The third-order valence-electron chi connectivity index (χ3n) is 3.91. The highest BCUT2D eigenvalue weighted by atomic mass is 32.1. The minimum absolute atomic E-state index is 0.150. The van der Waals surface area contributed by atoms with Crippen LogP contribution < -0.4 is 10.1 Å². The van der Waals surface area contributed by atoms with Crippen LogP contribution in [0.3, 0.4) is 0 Å². The summed E-state index contributed by atoms with van der Waals surface area (Å²) in [5.74, 6) is -0.493. The minimum Gasteiger partial charge on any atom is -0.496 e. The number of hydrogen-bond acceptors (Lipinski definition) is 5. The van der Waals surface area contributed by atoms with E-state index in [1.54, 1.807) is 43.3 Å². The van der Waals surface area contributed by atoms with Crippen molar-refractivity contribution < 1.29 is 18.7 Å². The number of carbonyl (C=O) groups excluding carboxylic acids is 2. The summed E-state index contributed by atoms with van der Waals surface area (Å²) in [6.45, 7) is 1.57. The van der Waals surface area contributed by atoms with Gasteiger partial charge in [0, 0.05) is 5.56 Å². The Kier molecular flexibility index (Phi) is 5.61. The lowest BCUT2D eigenvalue weighted by atomic mass is 10.1. The van der Waals surface area contributed by atoms with Crippen molar-refractivity contribution in [2.24, 2.45) is 0 Å². The van der Waals surface area contributed by atoms with E-state index in [1.807, 2.05) is 0 Å². The fraction of sp³-hybridized carbons (Fsp3) is 0.150. The molecule has 0 unspecified atom stereocenters. The number of benzene rings is 2.